The molecule has 3 heterocycles. The van der Waals surface area contributed by atoms with E-state index in [2.05, 4.69) is 26.9 Å². The molecule has 1 N–H and O–H groups in total. The van der Waals surface area contributed by atoms with Crippen molar-refractivity contribution in [1.29, 1.82) is 0 Å². The Labute approximate surface area is 149 Å². The average molecular weight is 361 g/mol. The standard InChI is InChI=1S/C17H23N5O2S/c1-11(23)22-7-14(8-22)25(24)9-12-5-13(6-12)21(2)17-15-3-4-18-16(15)19-10-20-17/h3-4,10,12-14H,5-9H2,1-2H3,(H,18,19,20). The number of hydrogen-bond donors (Lipinski definition) is 1. The molecule has 0 aromatic carbocycles. The van der Waals surface area contributed by atoms with Crippen LogP contribution < -0.4 is 4.90 Å². The number of nitrogens with one attached hydrogen (secondary N) is 1. The molecule has 8 heteroatoms. The Morgan fingerprint density at radius 3 is 2.88 bits per heavy atom. The third-order valence-electron chi connectivity index (χ3n) is 5.49. The number of rotatable bonds is 5. The summed E-state index contributed by atoms with van der Waals surface area (Å²) < 4.78 is 12.4. The minimum atomic E-state index is -0.825. The van der Waals surface area contributed by atoms with E-state index in [4.69, 9.17) is 0 Å². The van der Waals surface area contributed by atoms with Gasteiger partial charge < -0.3 is 14.8 Å². The molecule has 2 aromatic heterocycles. The van der Waals surface area contributed by atoms with Crippen LogP contribution in [0.3, 0.4) is 0 Å². The molecule has 4 rings (SSSR count). The van der Waals surface area contributed by atoms with Gasteiger partial charge in [-0.2, -0.15) is 0 Å². The summed E-state index contributed by atoms with van der Waals surface area (Å²) in [6.45, 7) is 2.88. The van der Waals surface area contributed by atoms with Crippen molar-refractivity contribution in [2.24, 2.45) is 5.92 Å². The first-order chi connectivity index (χ1) is 12.0. The summed E-state index contributed by atoms with van der Waals surface area (Å²) in [5.41, 5.74) is 0.855. The largest absolute Gasteiger partial charge is 0.356 e. The van der Waals surface area contributed by atoms with Gasteiger partial charge in [0.15, 0.2) is 0 Å². The number of carbonyl (C=O) groups excluding carboxylic acids is 1. The summed E-state index contributed by atoms with van der Waals surface area (Å²) in [5.74, 6) is 2.29. The first kappa shape index (κ1) is 16.5. The number of nitrogens with zero attached hydrogens (tertiary/aromatic N) is 4. The number of anilines is 1. The van der Waals surface area contributed by atoms with Gasteiger partial charge >= 0.3 is 0 Å². The summed E-state index contributed by atoms with van der Waals surface area (Å²) >= 11 is 0. The van der Waals surface area contributed by atoms with Crippen LogP contribution in [0.4, 0.5) is 5.82 Å². The van der Waals surface area contributed by atoms with Gasteiger partial charge in [0, 0.05) is 55.9 Å². The Morgan fingerprint density at radius 2 is 2.16 bits per heavy atom. The highest BCUT2D eigenvalue weighted by Gasteiger charge is 2.38. The maximum atomic E-state index is 12.4. The fraction of sp³-hybridized carbons (Fsp3) is 0.588. The van der Waals surface area contributed by atoms with Gasteiger partial charge in [0.2, 0.25) is 5.91 Å². The van der Waals surface area contributed by atoms with Crippen LogP contribution in [0.15, 0.2) is 18.6 Å². The molecule has 1 saturated carbocycles. The predicted molar refractivity (Wildman–Crippen MR) is 97.9 cm³/mol. The van der Waals surface area contributed by atoms with Crippen LogP contribution in [0.2, 0.25) is 0 Å². The molecule has 7 nitrogen and oxygen atoms in total. The number of fused-ring (bicyclic) bond motifs is 1. The van der Waals surface area contributed by atoms with E-state index in [9.17, 15) is 9.00 Å². The molecule has 1 aliphatic heterocycles. The molecular weight excluding hydrogens is 338 g/mol. The number of hydrogen-bond acceptors (Lipinski definition) is 5. The Kier molecular flexibility index (Phi) is 4.23. The van der Waals surface area contributed by atoms with Gasteiger partial charge in [0.1, 0.15) is 17.8 Å². The lowest BCUT2D eigenvalue weighted by Gasteiger charge is -2.43. The Hall–Kier alpha value is -1.96. The lowest BCUT2D eigenvalue weighted by Crippen LogP contribution is -2.56. The molecule has 25 heavy (non-hydrogen) atoms. The summed E-state index contributed by atoms with van der Waals surface area (Å²) in [6, 6.07) is 2.44. The number of H-pyrrole nitrogens is 1. The zero-order valence-corrected chi connectivity index (χ0v) is 15.3. The van der Waals surface area contributed by atoms with Crippen LogP contribution in [0, 0.1) is 5.92 Å². The molecule has 2 aliphatic rings. The number of amides is 1. The van der Waals surface area contributed by atoms with Crippen LogP contribution in [0.25, 0.3) is 11.0 Å². The number of aromatic nitrogens is 3. The van der Waals surface area contributed by atoms with E-state index in [-0.39, 0.29) is 11.2 Å². The molecule has 2 aromatic rings. The van der Waals surface area contributed by atoms with E-state index in [1.54, 1.807) is 18.2 Å². The normalized spacial score (nSPS) is 24.6. The minimum Gasteiger partial charge on any atom is -0.356 e. The smallest absolute Gasteiger partial charge is 0.219 e. The third-order valence-corrected chi connectivity index (χ3v) is 7.33. The lowest BCUT2D eigenvalue weighted by atomic mass is 9.81. The first-order valence-electron chi connectivity index (χ1n) is 8.66. The van der Waals surface area contributed by atoms with Gasteiger partial charge in [-0.05, 0) is 24.8 Å². The highest BCUT2D eigenvalue weighted by molar-refractivity contribution is 7.85. The van der Waals surface area contributed by atoms with Crippen molar-refractivity contribution in [2.75, 3.05) is 30.8 Å². The van der Waals surface area contributed by atoms with Gasteiger partial charge in [-0.3, -0.25) is 9.00 Å². The van der Waals surface area contributed by atoms with E-state index in [0.717, 1.165) is 35.4 Å². The minimum absolute atomic E-state index is 0.0829. The molecule has 1 atom stereocenters. The topological polar surface area (TPSA) is 82.2 Å². The maximum absolute atomic E-state index is 12.4. The zero-order chi connectivity index (χ0) is 17.6. The maximum Gasteiger partial charge on any atom is 0.219 e. The Morgan fingerprint density at radius 1 is 1.40 bits per heavy atom. The molecule has 134 valence electrons. The van der Waals surface area contributed by atoms with Crippen LogP contribution in [-0.4, -0.2) is 67.1 Å². The SMILES string of the molecule is CC(=O)N1CC(S(=O)CC2CC(N(C)c3ncnc4[nH]ccc34)C2)C1. The first-order valence-corrected chi connectivity index (χ1v) is 10.0. The summed E-state index contributed by atoms with van der Waals surface area (Å²) in [5, 5.41) is 1.21. The quantitative estimate of drug-likeness (QED) is 0.864. The average Bonchev–Trinajstić information content (AvgIpc) is 2.96. The second-order valence-corrected chi connectivity index (χ2v) is 8.89. The van der Waals surface area contributed by atoms with Gasteiger partial charge in [0.25, 0.3) is 0 Å². The highest BCUT2D eigenvalue weighted by atomic mass is 32.2. The van der Waals surface area contributed by atoms with E-state index >= 15 is 0 Å². The van der Waals surface area contributed by atoms with E-state index < -0.39 is 10.8 Å². The zero-order valence-electron chi connectivity index (χ0n) is 14.5. The van der Waals surface area contributed by atoms with Crippen LogP contribution in [0.1, 0.15) is 19.8 Å². The molecule has 0 radical (unpaired) electrons. The lowest BCUT2D eigenvalue weighted by molar-refractivity contribution is -0.131. The third kappa shape index (κ3) is 3.03. The highest BCUT2D eigenvalue weighted by Crippen LogP contribution is 2.36. The summed E-state index contributed by atoms with van der Waals surface area (Å²) in [7, 11) is 1.25. The Bertz CT molecular complexity index is 810. The predicted octanol–water partition coefficient (Wildman–Crippen LogP) is 1.15. The second-order valence-electron chi connectivity index (χ2n) is 7.13. The van der Waals surface area contributed by atoms with Crippen LogP contribution in [-0.2, 0) is 15.6 Å². The van der Waals surface area contributed by atoms with Gasteiger partial charge in [-0.25, -0.2) is 9.97 Å². The number of aromatic amines is 1. The fourth-order valence-corrected chi connectivity index (χ4v) is 5.40. The molecule has 0 spiro atoms. The van der Waals surface area contributed by atoms with Crippen molar-refractivity contribution >= 4 is 33.6 Å². The molecule has 1 saturated heterocycles. The number of carbonyl (C=O) groups is 1. The van der Waals surface area contributed by atoms with Crippen molar-refractivity contribution in [1.82, 2.24) is 19.9 Å². The van der Waals surface area contributed by atoms with Gasteiger partial charge in [-0.1, -0.05) is 0 Å². The van der Waals surface area contributed by atoms with Crippen molar-refractivity contribution in [3.05, 3.63) is 18.6 Å². The Balaban J connectivity index is 1.30. The summed E-state index contributed by atoms with van der Waals surface area (Å²) in [6.07, 6.45) is 5.56. The van der Waals surface area contributed by atoms with E-state index in [1.165, 1.54) is 0 Å². The number of likely N-dealkylation sites (tertiary alicyclic amines) is 1. The van der Waals surface area contributed by atoms with Crippen LogP contribution >= 0.6 is 0 Å². The van der Waals surface area contributed by atoms with Crippen molar-refractivity contribution in [3.63, 3.8) is 0 Å². The molecule has 0 bridgehead atoms. The molecular formula is C17H23N5O2S. The van der Waals surface area contributed by atoms with Gasteiger partial charge in [0.05, 0.1) is 10.6 Å². The summed E-state index contributed by atoms with van der Waals surface area (Å²) in [4.78, 5) is 27.0. The molecule has 2 fully saturated rings. The fourth-order valence-electron chi connectivity index (χ4n) is 3.70. The monoisotopic (exact) mass is 361 g/mol. The van der Waals surface area contributed by atoms with Crippen LogP contribution in [0.5, 0.6) is 0 Å². The van der Waals surface area contributed by atoms with Gasteiger partial charge in [-0.15, -0.1) is 0 Å². The molecule has 1 aliphatic carbocycles. The molecule has 1 amide bonds. The van der Waals surface area contributed by atoms with Crippen molar-refractivity contribution in [3.8, 4) is 0 Å². The van der Waals surface area contributed by atoms with Crippen molar-refractivity contribution < 1.29 is 9.00 Å². The van der Waals surface area contributed by atoms with E-state index in [0.29, 0.717) is 25.0 Å². The second kappa shape index (κ2) is 6.40. The van der Waals surface area contributed by atoms with E-state index in [1.807, 2.05) is 12.3 Å². The molecule has 1 unspecified atom stereocenters. The van der Waals surface area contributed by atoms with Crippen molar-refractivity contribution in [2.45, 2.75) is 31.1 Å².